The van der Waals surface area contributed by atoms with E-state index in [9.17, 15) is 4.79 Å². The van der Waals surface area contributed by atoms with Crippen molar-refractivity contribution in [1.82, 2.24) is 14.8 Å². The molecule has 0 N–H and O–H groups in total. The van der Waals surface area contributed by atoms with Gasteiger partial charge >= 0.3 is 0 Å². The molecule has 0 bridgehead atoms. The molecule has 0 saturated carbocycles. The van der Waals surface area contributed by atoms with E-state index >= 15 is 0 Å². The number of rotatable bonds is 3. The Kier molecular flexibility index (Phi) is 3.92. The van der Waals surface area contributed by atoms with Crippen LogP contribution >= 0.6 is 15.9 Å². The molecule has 3 rings (SSSR count). The van der Waals surface area contributed by atoms with Crippen molar-refractivity contribution in [3.8, 4) is 11.3 Å². The van der Waals surface area contributed by atoms with Crippen molar-refractivity contribution in [3.63, 3.8) is 0 Å². The summed E-state index contributed by atoms with van der Waals surface area (Å²) in [5, 5.41) is 4.42. The van der Waals surface area contributed by atoms with Gasteiger partial charge in [-0.25, -0.2) is 4.68 Å². The Hall–Kier alpha value is -2.27. The Bertz CT molecular complexity index is 815. The Balaban J connectivity index is 1.99. The molecule has 5 heteroatoms. The summed E-state index contributed by atoms with van der Waals surface area (Å²) in [4.78, 5) is 16.2. The van der Waals surface area contributed by atoms with E-state index in [0.717, 1.165) is 21.4 Å². The average Bonchev–Trinajstić information content (AvgIpc) is 2.50. The lowest BCUT2D eigenvalue weighted by Gasteiger charge is -2.07. The van der Waals surface area contributed by atoms with Crippen molar-refractivity contribution in [2.75, 3.05) is 0 Å². The fourth-order valence-corrected chi connectivity index (χ4v) is 2.41. The molecule has 0 atom stereocenters. The van der Waals surface area contributed by atoms with E-state index in [0.29, 0.717) is 6.54 Å². The molecule has 3 aromatic rings. The maximum absolute atomic E-state index is 11.9. The van der Waals surface area contributed by atoms with Crippen molar-refractivity contribution in [2.24, 2.45) is 0 Å². The van der Waals surface area contributed by atoms with Gasteiger partial charge in [0.25, 0.3) is 5.56 Å². The monoisotopic (exact) mass is 341 g/mol. The van der Waals surface area contributed by atoms with E-state index in [1.807, 2.05) is 42.5 Å². The second-order valence-corrected chi connectivity index (χ2v) is 5.46. The van der Waals surface area contributed by atoms with Crippen LogP contribution in [0.25, 0.3) is 11.3 Å². The molecule has 0 amide bonds. The van der Waals surface area contributed by atoms with E-state index in [1.165, 1.54) is 10.7 Å². The SMILES string of the molecule is O=c1ccc(-c2cccc(Br)c2)nn1Cc1ccccn1. The van der Waals surface area contributed by atoms with Gasteiger partial charge in [-0.3, -0.25) is 9.78 Å². The summed E-state index contributed by atoms with van der Waals surface area (Å²) in [6.07, 6.45) is 1.71. The number of halogens is 1. The molecule has 2 heterocycles. The summed E-state index contributed by atoms with van der Waals surface area (Å²) in [6, 6.07) is 16.7. The molecule has 21 heavy (non-hydrogen) atoms. The van der Waals surface area contributed by atoms with Crippen LogP contribution in [-0.2, 0) is 6.54 Å². The lowest BCUT2D eigenvalue weighted by atomic mass is 10.1. The van der Waals surface area contributed by atoms with Gasteiger partial charge in [0, 0.05) is 22.3 Å². The number of aromatic nitrogens is 3. The van der Waals surface area contributed by atoms with E-state index in [-0.39, 0.29) is 5.56 Å². The Morgan fingerprint density at radius 2 is 1.95 bits per heavy atom. The normalized spacial score (nSPS) is 10.5. The van der Waals surface area contributed by atoms with Gasteiger partial charge in [-0.1, -0.05) is 34.1 Å². The Morgan fingerprint density at radius 1 is 1.05 bits per heavy atom. The molecule has 104 valence electrons. The first-order valence-electron chi connectivity index (χ1n) is 6.46. The summed E-state index contributed by atoms with van der Waals surface area (Å²) in [6.45, 7) is 0.363. The maximum atomic E-state index is 11.9. The second-order valence-electron chi connectivity index (χ2n) is 4.55. The molecular formula is C16H12BrN3O. The van der Waals surface area contributed by atoms with E-state index < -0.39 is 0 Å². The van der Waals surface area contributed by atoms with E-state index in [1.54, 1.807) is 12.3 Å². The van der Waals surface area contributed by atoms with Crippen molar-refractivity contribution in [1.29, 1.82) is 0 Å². The molecule has 0 unspecified atom stereocenters. The highest BCUT2D eigenvalue weighted by Crippen LogP contribution is 2.20. The van der Waals surface area contributed by atoms with Crippen molar-refractivity contribution >= 4 is 15.9 Å². The van der Waals surface area contributed by atoms with Gasteiger partial charge in [0.2, 0.25) is 0 Å². The predicted molar refractivity (Wildman–Crippen MR) is 85.0 cm³/mol. The van der Waals surface area contributed by atoms with Crippen LogP contribution in [0.3, 0.4) is 0 Å². The van der Waals surface area contributed by atoms with Gasteiger partial charge in [0.15, 0.2) is 0 Å². The van der Waals surface area contributed by atoms with Gasteiger partial charge in [-0.15, -0.1) is 0 Å². The first-order valence-corrected chi connectivity index (χ1v) is 7.26. The predicted octanol–water partition coefficient (Wildman–Crippen LogP) is 3.12. The molecule has 0 aliphatic rings. The van der Waals surface area contributed by atoms with Gasteiger partial charge in [-0.2, -0.15) is 5.10 Å². The van der Waals surface area contributed by atoms with E-state index in [4.69, 9.17) is 0 Å². The highest BCUT2D eigenvalue weighted by Gasteiger charge is 2.05. The number of nitrogens with zero attached hydrogens (tertiary/aromatic N) is 3. The zero-order valence-electron chi connectivity index (χ0n) is 11.1. The van der Waals surface area contributed by atoms with Crippen molar-refractivity contribution < 1.29 is 0 Å². The number of pyridine rings is 1. The summed E-state index contributed by atoms with van der Waals surface area (Å²) >= 11 is 3.44. The standard InChI is InChI=1S/C16H12BrN3O/c17-13-5-3-4-12(10-13)15-7-8-16(21)20(19-15)11-14-6-1-2-9-18-14/h1-10H,11H2. The van der Waals surface area contributed by atoms with Crippen LogP contribution in [0, 0.1) is 0 Å². The molecular weight excluding hydrogens is 330 g/mol. The van der Waals surface area contributed by atoms with Crippen LogP contribution in [0.5, 0.6) is 0 Å². The number of benzene rings is 1. The van der Waals surface area contributed by atoms with Gasteiger partial charge in [-0.05, 0) is 30.3 Å². The third-order valence-corrected chi connectivity index (χ3v) is 3.52. The van der Waals surface area contributed by atoms with Crippen molar-refractivity contribution in [2.45, 2.75) is 6.54 Å². The second kappa shape index (κ2) is 6.01. The zero-order chi connectivity index (χ0) is 14.7. The minimum absolute atomic E-state index is 0.139. The van der Waals surface area contributed by atoms with E-state index in [2.05, 4.69) is 26.0 Å². The minimum atomic E-state index is -0.139. The van der Waals surface area contributed by atoms with Gasteiger partial charge in [0.1, 0.15) is 0 Å². The number of hydrogen-bond donors (Lipinski definition) is 0. The maximum Gasteiger partial charge on any atom is 0.267 e. The Morgan fingerprint density at radius 3 is 2.71 bits per heavy atom. The first kappa shape index (κ1) is 13.7. The van der Waals surface area contributed by atoms with Gasteiger partial charge in [0.05, 0.1) is 17.9 Å². The zero-order valence-corrected chi connectivity index (χ0v) is 12.7. The molecule has 0 radical (unpaired) electrons. The van der Waals surface area contributed by atoms with Crippen LogP contribution in [0.2, 0.25) is 0 Å². The average molecular weight is 342 g/mol. The quantitative estimate of drug-likeness (QED) is 0.735. The largest absolute Gasteiger partial charge is 0.268 e. The third-order valence-electron chi connectivity index (χ3n) is 3.02. The Labute approximate surface area is 130 Å². The highest BCUT2D eigenvalue weighted by molar-refractivity contribution is 9.10. The summed E-state index contributed by atoms with van der Waals surface area (Å²) in [5.74, 6) is 0. The molecule has 0 aliphatic heterocycles. The van der Waals surface area contributed by atoms with Crippen LogP contribution in [0.1, 0.15) is 5.69 Å². The van der Waals surface area contributed by atoms with Crippen LogP contribution in [-0.4, -0.2) is 14.8 Å². The summed E-state index contributed by atoms with van der Waals surface area (Å²) < 4.78 is 2.41. The van der Waals surface area contributed by atoms with Crippen LogP contribution in [0.4, 0.5) is 0 Å². The third kappa shape index (κ3) is 3.25. The molecule has 4 nitrogen and oxygen atoms in total. The lowest BCUT2D eigenvalue weighted by Crippen LogP contribution is -2.23. The molecule has 0 aliphatic carbocycles. The molecule has 2 aromatic heterocycles. The summed E-state index contributed by atoms with van der Waals surface area (Å²) in [7, 11) is 0. The summed E-state index contributed by atoms with van der Waals surface area (Å²) in [5.41, 5.74) is 2.38. The molecule has 0 spiro atoms. The number of hydrogen-bond acceptors (Lipinski definition) is 3. The molecule has 1 aromatic carbocycles. The highest BCUT2D eigenvalue weighted by atomic mass is 79.9. The fourth-order valence-electron chi connectivity index (χ4n) is 2.01. The topological polar surface area (TPSA) is 47.8 Å². The van der Waals surface area contributed by atoms with Crippen LogP contribution in [0.15, 0.2) is 70.1 Å². The van der Waals surface area contributed by atoms with Crippen molar-refractivity contribution in [3.05, 3.63) is 81.3 Å². The minimum Gasteiger partial charge on any atom is -0.268 e. The smallest absolute Gasteiger partial charge is 0.267 e. The fraction of sp³-hybridized carbons (Fsp3) is 0.0625. The van der Waals surface area contributed by atoms with Gasteiger partial charge < -0.3 is 0 Å². The first-order chi connectivity index (χ1) is 10.2. The molecule has 0 saturated heterocycles. The lowest BCUT2D eigenvalue weighted by molar-refractivity contribution is 0.631. The molecule has 0 fully saturated rings. The van der Waals surface area contributed by atoms with Crippen LogP contribution < -0.4 is 5.56 Å².